The van der Waals surface area contributed by atoms with Crippen molar-refractivity contribution in [2.24, 2.45) is 17.6 Å². The summed E-state index contributed by atoms with van der Waals surface area (Å²) in [5, 5.41) is 5.57. The monoisotopic (exact) mass is 333 g/mol. The Balaban J connectivity index is 2.92. The molecule has 1 aromatic rings. The van der Waals surface area contributed by atoms with Gasteiger partial charge in [-0.15, -0.1) is 0 Å². The Kier molecular flexibility index (Phi) is 6.95. The highest BCUT2D eigenvalue weighted by Gasteiger charge is 2.25. The van der Waals surface area contributed by atoms with E-state index in [1.54, 1.807) is 25.1 Å². The third kappa shape index (κ3) is 5.37. The number of anilines is 1. The number of primary amides is 1. The Morgan fingerprint density at radius 3 is 2.25 bits per heavy atom. The van der Waals surface area contributed by atoms with Crippen molar-refractivity contribution in [3.8, 4) is 0 Å². The van der Waals surface area contributed by atoms with Crippen LogP contribution in [0.4, 0.5) is 5.69 Å². The summed E-state index contributed by atoms with van der Waals surface area (Å²) in [6.07, 6.45) is 0.368. The maximum atomic E-state index is 12.6. The van der Waals surface area contributed by atoms with Crippen LogP contribution in [0.5, 0.6) is 0 Å². The van der Waals surface area contributed by atoms with Crippen LogP contribution in [-0.4, -0.2) is 23.8 Å². The predicted octanol–water partition coefficient (Wildman–Crippen LogP) is 2.22. The zero-order valence-electron chi connectivity index (χ0n) is 15.0. The van der Waals surface area contributed by atoms with Crippen LogP contribution in [0.1, 0.15) is 50.0 Å². The van der Waals surface area contributed by atoms with Gasteiger partial charge in [-0.25, -0.2) is 0 Å². The molecule has 0 aromatic heterocycles. The molecule has 0 radical (unpaired) electrons. The smallest absolute Gasteiger partial charge is 0.249 e. The van der Waals surface area contributed by atoms with Crippen LogP contribution in [0.3, 0.4) is 0 Å². The first-order valence-corrected chi connectivity index (χ1v) is 8.13. The molecule has 1 aromatic carbocycles. The Hall–Kier alpha value is -2.37. The zero-order chi connectivity index (χ0) is 18.4. The summed E-state index contributed by atoms with van der Waals surface area (Å²) in [4.78, 5) is 36.0. The van der Waals surface area contributed by atoms with E-state index >= 15 is 0 Å². The molecule has 0 aliphatic heterocycles. The van der Waals surface area contributed by atoms with Gasteiger partial charge >= 0.3 is 0 Å². The average Bonchev–Trinajstić information content (AvgIpc) is 2.45. The molecule has 132 valence electrons. The van der Waals surface area contributed by atoms with Gasteiger partial charge in [0.1, 0.15) is 6.04 Å². The van der Waals surface area contributed by atoms with Gasteiger partial charge in [0.05, 0.1) is 0 Å². The summed E-state index contributed by atoms with van der Waals surface area (Å²) >= 11 is 0. The fourth-order valence-electron chi connectivity index (χ4n) is 2.39. The van der Waals surface area contributed by atoms with Crippen LogP contribution in [0.2, 0.25) is 0 Å². The van der Waals surface area contributed by atoms with E-state index in [2.05, 4.69) is 10.6 Å². The summed E-state index contributed by atoms with van der Waals surface area (Å²) in [5.74, 6) is -0.862. The summed E-state index contributed by atoms with van der Waals surface area (Å²) in [5.41, 5.74) is 6.80. The number of hydrogen-bond donors (Lipinski definition) is 3. The van der Waals surface area contributed by atoms with Gasteiger partial charge in [-0.3, -0.25) is 14.4 Å². The second-order valence-electron chi connectivity index (χ2n) is 6.72. The standard InChI is InChI=1S/C18H27N3O3/c1-10(2)9-15(22)21-16(11(3)4)18(24)20-14-8-6-7-13(12(14)5)17(19)23/h6-8,10-11,16H,9H2,1-5H3,(H2,19,23)(H,20,24)(H,21,22). The van der Waals surface area contributed by atoms with E-state index in [1.807, 2.05) is 27.7 Å². The maximum Gasteiger partial charge on any atom is 0.249 e. The summed E-state index contributed by atoms with van der Waals surface area (Å²) in [7, 11) is 0. The SMILES string of the molecule is Cc1c(NC(=O)C(NC(=O)CC(C)C)C(C)C)cccc1C(N)=O. The number of rotatable bonds is 7. The van der Waals surface area contributed by atoms with E-state index in [9.17, 15) is 14.4 Å². The molecule has 3 amide bonds. The lowest BCUT2D eigenvalue weighted by Crippen LogP contribution is -2.47. The number of benzene rings is 1. The molecule has 1 atom stereocenters. The Morgan fingerprint density at radius 1 is 1.12 bits per heavy atom. The number of carbonyl (C=O) groups excluding carboxylic acids is 3. The minimum atomic E-state index is -0.645. The second-order valence-corrected chi connectivity index (χ2v) is 6.72. The summed E-state index contributed by atoms with van der Waals surface area (Å²) in [6.45, 7) is 9.35. The van der Waals surface area contributed by atoms with Crippen LogP contribution < -0.4 is 16.4 Å². The maximum absolute atomic E-state index is 12.6. The van der Waals surface area contributed by atoms with E-state index in [4.69, 9.17) is 5.73 Å². The molecule has 0 bridgehead atoms. The first kappa shape index (κ1) is 19.7. The van der Waals surface area contributed by atoms with Crippen molar-refractivity contribution in [3.05, 3.63) is 29.3 Å². The number of carbonyl (C=O) groups is 3. The molecular weight excluding hydrogens is 306 g/mol. The third-order valence-electron chi connectivity index (χ3n) is 3.72. The molecule has 0 aliphatic carbocycles. The van der Waals surface area contributed by atoms with Crippen molar-refractivity contribution in [1.29, 1.82) is 0 Å². The minimum absolute atomic E-state index is 0.0688. The fraction of sp³-hybridized carbons (Fsp3) is 0.500. The molecule has 6 heteroatoms. The van der Waals surface area contributed by atoms with Crippen LogP contribution in [0, 0.1) is 18.8 Å². The second kappa shape index (κ2) is 8.47. The van der Waals surface area contributed by atoms with Crippen molar-refractivity contribution in [3.63, 3.8) is 0 Å². The van der Waals surface area contributed by atoms with Crippen LogP contribution in [0.15, 0.2) is 18.2 Å². The lowest BCUT2D eigenvalue weighted by molar-refractivity contribution is -0.127. The Bertz CT molecular complexity index is 624. The minimum Gasteiger partial charge on any atom is -0.366 e. The van der Waals surface area contributed by atoms with E-state index in [0.717, 1.165) is 0 Å². The number of nitrogens with one attached hydrogen (secondary N) is 2. The topological polar surface area (TPSA) is 101 Å². The third-order valence-corrected chi connectivity index (χ3v) is 3.72. The molecule has 0 spiro atoms. The Morgan fingerprint density at radius 2 is 1.75 bits per heavy atom. The zero-order valence-corrected chi connectivity index (χ0v) is 15.0. The number of amides is 3. The molecule has 1 unspecified atom stereocenters. The predicted molar refractivity (Wildman–Crippen MR) is 94.6 cm³/mol. The normalized spacial score (nSPS) is 12.1. The van der Waals surface area contributed by atoms with Gasteiger partial charge in [0.2, 0.25) is 17.7 Å². The van der Waals surface area contributed by atoms with Gasteiger partial charge in [0.15, 0.2) is 0 Å². The van der Waals surface area contributed by atoms with E-state index in [-0.39, 0.29) is 23.7 Å². The Labute approximate surface area is 143 Å². The molecule has 1 rings (SSSR count). The van der Waals surface area contributed by atoms with Crippen LogP contribution >= 0.6 is 0 Å². The van der Waals surface area contributed by atoms with E-state index in [0.29, 0.717) is 23.2 Å². The summed E-state index contributed by atoms with van der Waals surface area (Å²) < 4.78 is 0. The van der Waals surface area contributed by atoms with Crippen molar-refractivity contribution in [2.75, 3.05) is 5.32 Å². The van der Waals surface area contributed by atoms with E-state index < -0.39 is 11.9 Å². The molecule has 0 saturated carbocycles. The first-order chi connectivity index (χ1) is 11.1. The molecule has 4 N–H and O–H groups in total. The average molecular weight is 333 g/mol. The number of hydrogen-bond acceptors (Lipinski definition) is 3. The highest BCUT2D eigenvalue weighted by Crippen LogP contribution is 2.19. The van der Waals surface area contributed by atoms with Crippen molar-refractivity contribution in [2.45, 2.75) is 47.1 Å². The fourth-order valence-corrected chi connectivity index (χ4v) is 2.39. The van der Waals surface area contributed by atoms with Gasteiger partial charge in [0, 0.05) is 17.7 Å². The lowest BCUT2D eigenvalue weighted by Gasteiger charge is -2.23. The van der Waals surface area contributed by atoms with Gasteiger partial charge in [0.25, 0.3) is 0 Å². The van der Waals surface area contributed by atoms with Crippen molar-refractivity contribution >= 4 is 23.4 Å². The molecule has 0 saturated heterocycles. The molecule has 0 heterocycles. The van der Waals surface area contributed by atoms with Gasteiger partial charge < -0.3 is 16.4 Å². The van der Waals surface area contributed by atoms with Crippen LogP contribution in [-0.2, 0) is 9.59 Å². The molecular formula is C18H27N3O3. The highest BCUT2D eigenvalue weighted by atomic mass is 16.2. The molecule has 0 aliphatic rings. The van der Waals surface area contributed by atoms with Gasteiger partial charge in [-0.2, -0.15) is 0 Å². The molecule has 0 fully saturated rings. The quantitative estimate of drug-likeness (QED) is 0.713. The van der Waals surface area contributed by atoms with E-state index in [1.165, 1.54) is 0 Å². The number of nitrogens with two attached hydrogens (primary N) is 1. The van der Waals surface area contributed by atoms with Crippen LogP contribution in [0.25, 0.3) is 0 Å². The van der Waals surface area contributed by atoms with Gasteiger partial charge in [-0.1, -0.05) is 33.8 Å². The molecule has 6 nitrogen and oxygen atoms in total. The summed E-state index contributed by atoms with van der Waals surface area (Å²) in [6, 6.07) is 4.32. The lowest BCUT2D eigenvalue weighted by atomic mass is 10.0. The highest BCUT2D eigenvalue weighted by molar-refractivity contribution is 6.01. The van der Waals surface area contributed by atoms with Crippen molar-refractivity contribution < 1.29 is 14.4 Å². The first-order valence-electron chi connectivity index (χ1n) is 8.13. The van der Waals surface area contributed by atoms with Gasteiger partial charge in [-0.05, 0) is 36.5 Å². The molecule has 24 heavy (non-hydrogen) atoms. The van der Waals surface area contributed by atoms with Crippen molar-refractivity contribution in [1.82, 2.24) is 5.32 Å². The largest absolute Gasteiger partial charge is 0.366 e.